The molecule has 0 aromatic heterocycles. The molecule has 1 saturated carbocycles. The average molecular weight is 264 g/mol. The molecule has 6 heteroatoms. The number of hydrogen-bond acceptors (Lipinski definition) is 2. The molecule has 104 valence electrons. The highest BCUT2D eigenvalue weighted by Crippen LogP contribution is 2.47. The molecule has 2 fully saturated rings. The van der Waals surface area contributed by atoms with E-state index < -0.39 is 17.0 Å². The number of piperidine rings is 1. The standard InChI is InChI=1S/C12H19F3N2O/c1-10(2-3-10)9(18)17-8-11(12(13,14)15)4-6-16-7-5-11/h16H,2-8H2,1H3,(H,17,18). The summed E-state index contributed by atoms with van der Waals surface area (Å²) in [6.45, 7) is 2.22. The summed E-state index contributed by atoms with van der Waals surface area (Å²) in [5, 5.41) is 5.44. The van der Waals surface area contributed by atoms with Crippen LogP contribution in [0.3, 0.4) is 0 Å². The second-order valence-corrected chi connectivity index (χ2v) is 5.77. The van der Waals surface area contributed by atoms with Gasteiger partial charge in [0.15, 0.2) is 0 Å². The highest BCUT2D eigenvalue weighted by molar-refractivity contribution is 5.84. The van der Waals surface area contributed by atoms with Crippen LogP contribution in [-0.2, 0) is 4.79 Å². The van der Waals surface area contributed by atoms with Gasteiger partial charge >= 0.3 is 6.18 Å². The first-order valence-corrected chi connectivity index (χ1v) is 6.35. The third kappa shape index (κ3) is 2.48. The Morgan fingerprint density at radius 3 is 2.22 bits per heavy atom. The van der Waals surface area contributed by atoms with Crippen LogP contribution >= 0.6 is 0 Å². The Kier molecular flexibility index (Phi) is 3.34. The molecule has 0 bridgehead atoms. The van der Waals surface area contributed by atoms with Gasteiger partial charge in [-0.05, 0) is 38.8 Å². The molecule has 0 aromatic carbocycles. The van der Waals surface area contributed by atoms with E-state index in [1.807, 2.05) is 0 Å². The fourth-order valence-electron chi connectivity index (χ4n) is 2.34. The fraction of sp³-hybridized carbons (Fsp3) is 0.917. The van der Waals surface area contributed by atoms with E-state index >= 15 is 0 Å². The van der Waals surface area contributed by atoms with Gasteiger partial charge in [-0.3, -0.25) is 4.79 Å². The minimum Gasteiger partial charge on any atom is -0.355 e. The van der Waals surface area contributed by atoms with Crippen LogP contribution < -0.4 is 10.6 Å². The highest BCUT2D eigenvalue weighted by atomic mass is 19.4. The Morgan fingerprint density at radius 2 is 1.78 bits per heavy atom. The van der Waals surface area contributed by atoms with Gasteiger partial charge in [0.05, 0.1) is 5.41 Å². The molecule has 18 heavy (non-hydrogen) atoms. The quantitative estimate of drug-likeness (QED) is 0.816. The van der Waals surface area contributed by atoms with Crippen molar-refractivity contribution in [1.29, 1.82) is 0 Å². The molecule has 0 atom stereocenters. The first-order valence-electron chi connectivity index (χ1n) is 6.35. The lowest BCUT2D eigenvalue weighted by molar-refractivity contribution is -0.230. The van der Waals surface area contributed by atoms with Gasteiger partial charge < -0.3 is 10.6 Å². The number of carbonyl (C=O) groups is 1. The molecular formula is C12H19F3N2O. The number of halogens is 3. The van der Waals surface area contributed by atoms with E-state index in [4.69, 9.17) is 0 Å². The Morgan fingerprint density at radius 1 is 1.22 bits per heavy atom. The normalized spacial score (nSPS) is 25.6. The zero-order chi connectivity index (χ0) is 13.4. The minimum absolute atomic E-state index is 0.0352. The summed E-state index contributed by atoms with van der Waals surface area (Å²) in [5.74, 6) is -0.232. The van der Waals surface area contributed by atoms with E-state index in [0.717, 1.165) is 12.8 Å². The molecule has 1 heterocycles. The van der Waals surface area contributed by atoms with Crippen LogP contribution in [0.25, 0.3) is 0 Å². The summed E-state index contributed by atoms with van der Waals surface area (Å²) < 4.78 is 39.5. The summed E-state index contributed by atoms with van der Waals surface area (Å²) >= 11 is 0. The SMILES string of the molecule is CC1(C(=O)NCC2(C(F)(F)F)CCNCC2)CC1. The third-order valence-corrected chi connectivity index (χ3v) is 4.30. The number of rotatable bonds is 3. The monoisotopic (exact) mass is 264 g/mol. The summed E-state index contributed by atoms with van der Waals surface area (Å²) in [7, 11) is 0. The molecule has 2 aliphatic rings. The zero-order valence-corrected chi connectivity index (χ0v) is 10.5. The number of hydrogen-bond donors (Lipinski definition) is 2. The molecule has 1 saturated heterocycles. The molecular weight excluding hydrogens is 245 g/mol. The molecule has 3 nitrogen and oxygen atoms in total. The number of alkyl halides is 3. The van der Waals surface area contributed by atoms with Gasteiger partial charge in [-0.2, -0.15) is 13.2 Å². The van der Waals surface area contributed by atoms with Gasteiger partial charge in [-0.1, -0.05) is 6.92 Å². The molecule has 2 N–H and O–H groups in total. The van der Waals surface area contributed by atoms with Crippen molar-refractivity contribution >= 4 is 5.91 Å². The predicted octanol–water partition coefficient (Wildman–Crippen LogP) is 1.83. The van der Waals surface area contributed by atoms with Gasteiger partial charge in [0.2, 0.25) is 5.91 Å². The van der Waals surface area contributed by atoms with Crippen molar-refractivity contribution < 1.29 is 18.0 Å². The second-order valence-electron chi connectivity index (χ2n) is 5.77. The Labute approximate surface area is 104 Å². The van der Waals surface area contributed by atoms with Crippen LogP contribution in [-0.4, -0.2) is 31.7 Å². The number of nitrogens with one attached hydrogen (secondary N) is 2. The van der Waals surface area contributed by atoms with Crippen LogP contribution in [0.2, 0.25) is 0 Å². The minimum atomic E-state index is -4.26. The summed E-state index contributed by atoms with van der Waals surface area (Å²) in [6, 6.07) is 0. The summed E-state index contributed by atoms with van der Waals surface area (Å²) in [6.07, 6.45) is -2.63. The van der Waals surface area contributed by atoms with Gasteiger partial charge in [0, 0.05) is 12.0 Å². The van der Waals surface area contributed by atoms with Crippen LogP contribution in [0.15, 0.2) is 0 Å². The van der Waals surface area contributed by atoms with E-state index in [0.29, 0.717) is 13.1 Å². The third-order valence-electron chi connectivity index (χ3n) is 4.30. The molecule has 1 aliphatic carbocycles. The van der Waals surface area contributed by atoms with Crippen molar-refractivity contribution in [3.63, 3.8) is 0 Å². The molecule has 1 aliphatic heterocycles. The van der Waals surface area contributed by atoms with Crippen LogP contribution in [0.5, 0.6) is 0 Å². The van der Waals surface area contributed by atoms with Gasteiger partial charge in [0.25, 0.3) is 0 Å². The van der Waals surface area contributed by atoms with Crippen molar-refractivity contribution in [3.05, 3.63) is 0 Å². The van der Waals surface area contributed by atoms with Crippen molar-refractivity contribution in [3.8, 4) is 0 Å². The molecule has 2 rings (SSSR count). The molecule has 0 aromatic rings. The largest absolute Gasteiger partial charge is 0.396 e. The number of amides is 1. The van der Waals surface area contributed by atoms with Crippen molar-refractivity contribution in [2.45, 2.75) is 38.8 Å². The van der Waals surface area contributed by atoms with E-state index in [-0.39, 0.29) is 25.3 Å². The maximum absolute atomic E-state index is 13.2. The Hall–Kier alpha value is -0.780. The van der Waals surface area contributed by atoms with Gasteiger partial charge in [-0.25, -0.2) is 0 Å². The molecule has 1 amide bonds. The van der Waals surface area contributed by atoms with Crippen LogP contribution in [0.4, 0.5) is 13.2 Å². The average Bonchev–Trinajstić information content (AvgIpc) is 3.05. The fourth-order valence-corrected chi connectivity index (χ4v) is 2.34. The summed E-state index contributed by atoms with van der Waals surface area (Å²) in [4.78, 5) is 11.7. The Bertz CT molecular complexity index is 331. The van der Waals surface area contributed by atoms with Crippen molar-refractivity contribution in [2.75, 3.05) is 19.6 Å². The Balaban J connectivity index is 1.99. The lowest BCUT2D eigenvalue weighted by atomic mass is 9.78. The zero-order valence-electron chi connectivity index (χ0n) is 10.5. The van der Waals surface area contributed by atoms with Crippen LogP contribution in [0.1, 0.15) is 32.6 Å². The second kappa shape index (κ2) is 4.40. The first-order chi connectivity index (χ1) is 8.29. The summed E-state index contributed by atoms with van der Waals surface area (Å²) in [5.41, 5.74) is -2.17. The maximum Gasteiger partial charge on any atom is 0.396 e. The van der Waals surface area contributed by atoms with E-state index in [1.54, 1.807) is 6.92 Å². The van der Waals surface area contributed by atoms with E-state index in [1.165, 1.54) is 0 Å². The molecule has 0 spiro atoms. The lowest BCUT2D eigenvalue weighted by Gasteiger charge is -2.39. The smallest absolute Gasteiger partial charge is 0.355 e. The first kappa shape index (κ1) is 13.6. The van der Waals surface area contributed by atoms with Crippen molar-refractivity contribution in [1.82, 2.24) is 10.6 Å². The van der Waals surface area contributed by atoms with E-state index in [9.17, 15) is 18.0 Å². The predicted molar refractivity (Wildman–Crippen MR) is 60.9 cm³/mol. The lowest BCUT2D eigenvalue weighted by Crippen LogP contribution is -2.53. The van der Waals surface area contributed by atoms with E-state index in [2.05, 4.69) is 10.6 Å². The highest BCUT2D eigenvalue weighted by Gasteiger charge is 2.55. The van der Waals surface area contributed by atoms with Gasteiger partial charge in [-0.15, -0.1) is 0 Å². The molecule has 0 unspecified atom stereocenters. The van der Waals surface area contributed by atoms with Gasteiger partial charge in [0.1, 0.15) is 0 Å². The van der Waals surface area contributed by atoms with Crippen LogP contribution in [0, 0.1) is 10.8 Å². The number of carbonyl (C=O) groups excluding carboxylic acids is 1. The molecule has 0 radical (unpaired) electrons. The van der Waals surface area contributed by atoms with Crippen molar-refractivity contribution in [2.24, 2.45) is 10.8 Å². The maximum atomic E-state index is 13.2. The topological polar surface area (TPSA) is 41.1 Å².